The first-order valence-corrected chi connectivity index (χ1v) is 8.91. The first kappa shape index (κ1) is 22.5. The summed E-state index contributed by atoms with van der Waals surface area (Å²) in [6.45, 7) is 0. The van der Waals surface area contributed by atoms with E-state index in [1.165, 1.54) is 12.1 Å². The van der Waals surface area contributed by atoms with Crippen LogP contribution >= 0.6 is 0 Å². The molecule has 0 bridgehead atoms. The highest BCUT2D eigenvalue weighted by molar-refractivity contribution is 5.55. The number of ether oxygens (including phenoxy) is 2. The van der Waals surface area contributed by atoms with Gasteiger partial charge in [0.15, 0.2) is 0 Å². The standard InChI is InChI=1S/C19H12N4O10/c24-20(25)13-6-8-17(15(10-13)22(28)29)32-19(12-4-2-1-3-5-12)33-18-9-7-14(21(26)27)11-16(18)23(30)31/h1-11,19H. The summed E-state index contributed by atoms with van der Waals surface area (Å²) >= 11 is 0. The van der Waals surface area contributed by atoms with E-state index >= 15 is 0 Å². The Hall–Kier alpha value is -5.14. The lowest BCUT2D eigenvalue weighted by Crippen LogP contribution is -2.16. The smallest absolute Gasteiger partial charge is 0.317 e. The van der Waals surface area contributed by atoms with Gasteiger partial charge < -0.3 is 9.47 Å². The molecule has 14 nitrogen and oxygen atoms in total. The minimum Gasteiger partial charge on any atom is -0.443 e. The average Bonchev–Trinajstić information content (AvgIpc) is 2.79. The van der Waals surface area contributed by atoms with Crippen molar-refractivity contribution < 1.29 is 29.2 Å². The van der Waals surface area contributed by atoms with Crippen molar-refractivity contribution >= 4 is 22.7 Å². The topological polar surface area (TPSA) is 191 Å². The van der Waals surface area contributed by atoms with Gasteiger partial charge in [0.2, 0.25) is 11.5 Å². The minimum atomic E-state index is -1.48. The number of nitrogens with zero attached hydrogens (tertiary/aromatic N) is 4. The van der Waals surface area contributed by atoms with Crippen LogP contribution in [0, 0.1) is 40.5 Å². The highest BCUT2D eigenvalue weighted by Crippen LogP contribution is 2.38. The van der Waals surface area contributed by atoms with Crippen molar-refractivity contribution in [3.63, 3.8) is 0 Å². The average molecular weight is 456 g/mol. The van der Waals surface area contributed by atoms with E-state index in [2.05, 4.69) is 0 Å². The Bertz CT molecular complexity index is 1170. The molecule has 33 heavy (non-hydrogen) atoms. The Balaban J connectivity index is 2.05. The molecule has 0 saturated carbocycles. The number of rotatable bonds is 9. The Morgan fingerprint density at radius 2 is 1.00 bits per heavy atom. The molecule has 0 unspecified atom stereocenters. The lowest BCUT2D eigenvalue weighted by atomic mass is 10.2. The molecule has 0 aliphatic heterocycles. The molecule has 0 aliphatic carbocycles. The molecule has 3 aromatic rings. The normalized spacial score (nSPS) is 10.5. The summed E-state index contributed by atoms with van der Waals surface area (Å²) in [6, 6.07) is 13.2. The molecule has 3 rings (SSSR count). The van der Waals surface area contributed by atoms with Gasteiger partial charge in [0.05, 0.1) is 31.8 Å². The Morgan fingerprint density at radius 3 is 1.36 bits per heavy atom. The van der Waals surface area contributed by atoms with Crippen molar-refractivity contribution in [1.29, 1.82) is 0 Å². The zero-order chi connectivity index (χ0) is 24.1. The fourth-order valence-corrected chi connectivity index (χ4v) is 2.72. The maximum atomic E-state index is 11.4. The quantitative estimate of drug-likeness (QED) is 0.252. The van der Waals surface area contributed by atoms with Gasteiger partial charge in [-0.3, -0.25) is 40.5 Å². The maximum absolute atomic E-state index is 11.4. The van der Waals surface area contributed by atoms with Crippen LogP contribution in [0.4, 0.5) is 22.7 Å². The Kier molecular flexibility index (Phi) is 6.38. The molecule has 0 heterocycles. The van der Waals surface area contributed by atoms with Gasteiger partial charge in [-0.1, -0.05) is 30.3 Å². The molecule has 0 fully saturated rings. The van der Waals surface area contributed by atoms with Crippen LogP contribution in [-0.2, 0) is 0 Å². The summed E-state index contributed by atoms with van der Waals surface area (Å²) in [7, 11) is 0. The predicted molar refractivity (Wildman–Crippen MR) is 110 cm³/mol. The molecule has 0 amide bonds. The zero-order valence-corrected chi connectivity index (χ0v) is 16.3. The van der Waals surface area contributed by atoms with Crippen LogP contribution in [0.3, 0.4) is 0 Å². The number of benzene rings is 3. The molecular weight excluding hydrogens is 444 g/mol. The van der Waals surface area contributed by atoms with Crippen molar-refractivity contribution in [2.75, 3.05) is 0 Å². The van der Waals surface area contributed by atoms with E-state index in [4.69, 9.17) is 9.47 Å². The number of nitro benzene ring substituents is 4. The third kappa shape index (κ3) is 5.13. The Labute approximate surface area is 183 Å². The summed E-state index contributed by atoms with van der Waals surface area (Å²) in [5, 5.41) is 44.8. The second-order valence-corrected chi connectivity index (χ2v) is 6.31. The van der Waals surface area contributed by atoms with E-state index in [-0.39, 0.29) is 5.56 Å². The van der Waals surface area contributed by atoms with Crippen LogP contribution in [0.1, 0.15) is 11.9 Å². The van der Waals surface area contributed by atoms with E-state index in [0.717, 1.165) is 24.3 Å². The molecule has 14 heteroatoms. The SMILES string of the molecule is O=[N+]([O-])c1ccc(OC(Oc2ccc([N+](=O)[O-])cc2[N+](=O)[O-])c2ccccc2)c([N+](=O)[O-])c1. The predicted octanol–water partition coefficient (Wildman–Crippen LogP) is 4.48. The third-order valence-corrected chi connectivity index (χ3v) is 4.24. The summed E-state index contributed by atoms with van der Waals surface area (Å²) in [6.07, 6.45) is -1.48. The number of non-ortho nitro benzene ring substituents is 2. The fraction of sp³-hybridized carbons (Fsp3) is 0.0526. The van der Waals surface area contributed by atoms with Crippen molar-refractivity contribution in [3.05, 3.63) is 113 Å². The van der Waals surface area contributed by atoms with Crippen LogP contribution in [0.25, 0.3) is 0 Å². The van der Waals surface area contributed by atoms with E-state index in [0.29, 0.717) is 12.1 Å². The van der Waals surface area contributed by atoms with Crippen LogP contribution in [0.15, 0.2) is 66.7 Å². The first-order chi connectivity index (χ1) is 15.7. The van der Waals surface area contributed by atoms with Gasteiger partial charge in [-0.05, 0) is 12.1 Å². The summed E-state index contributed by atoms with van der Waals surface area (Å²) in [5.74, 6) is -0.798. The molecule has 3 aromatic carbocycles. The monoisotopic (exact) mass is 456 g/mol. The molecule has 0 aromatic heterocycles. The van der Waals surface area contributed by atoms with Crippen molar-refractivity contribution in [2.45, 2.75) is 6.29 Å². The third-order valence-electron chi connectivity index (χ3n) is 4.24. The van der Waals surface area contributed by atoms with Gasteiger partial charge in [-0.25, -0.2) is 0 Å². The molecule has 0 spiro atoms. The summed E-state index contributed by atoms with van der Waals surface area (Å²) < 4.78 is 11.2. The van der Waals surface area contributed by atoms with E-state index in [1.54, 1.807) is 18.2 Å². The van der Waals surface area contributed by atoms with E-state index in [9.17, 15) is 40.5 Å². The van der Waals surface area contributed by atoms with Crippen LogP contribution in [0.2, 0.25) is 0 Å². The van der Waals surface area contributed by atoms with Gasteiger partial charge in [-0.2, -0.15) is 0 Å². The molecule has 168 valence electrons. The summed E-state index contributed by atoms with van der Waals surface area (Å²) in [5.41, 5.74) is -2.26. The molecular formula is C19H12N4O10. The van der Waals surface area contributed by atoms with Gasteiger partial charge in [-0.15, -0.1) is 0 Å². The first-order valence-electron chi connectivity index (χ1n) is 8.91. The molecule has 0 radical (unpaired) electrons. The van der Waals surface area contributed by atoms with Crippen molar-refractivity contribution in [3.8, 4) is 11.5 Å². The molecule has 0 atom stereocenters. The van der Waals surface area contributed by atoms with Gasteiger partial charge in [0, 0.05) is 17.7 Å². The lowest BCUT2D eigenvalue weighted by Gasteiger charge is -2.20. The second kappa shape index (κ2) is 9.34. The molecule has 0 saturated heterocycles. The highest BCUT2D eigenvalue weighted by atomic mass is 16.7. The lowest BCUT2D eigenvalue weighted by molar-refractivity contribution is -0.395. The van der Waals surface area contributed by atoms with Crippen LogP contribution in [0.5, 0.6) is 11.5 Å². The molecule has 0 N–H and O–H groups in total. The van der Waals surface area contributed by atoms with E-state index in [1.807, 2.05) is 0 Å². The largest absolute Gasteiger partial charge is 0.443 e. The maximum Gasteiger partial charge on any atom is 0.317 e. The van der Waals surface area contributed by atoms with Gasteiger partial charge in [0.25, 0.3) is 17.7 Å². The van der Waals surface area contributed by atoms with Gasteiger partial charge in [0.1, 0.15) is 0 Å². The van der Waals surface area contributed by atoms with Crippen molar-refractivity contribution in [2.24, 2.45) is 0 Å². The highest BCUT2D eigenvalue weighted by Gasteiger charge is 2.28. The minimum absolute atomic E-state index is 0.290. The number of hydrogen-bond acceptors (Lipinski definition) is 10. The number of nitro groups is 4. The van der Waals surface area contributed by atoms with Gasteiger partial charge >= 0.3 is 11.4 Å². The fourth-order valence-electron chi connectivity index (χ4n) is 2.72. The zero-order valence-electron chi connectivity index (χ0n) is 16.3. The van der Waals surface area contributed by atoms with Crippen molar-refractivity contribution in [1.82, 2.24) is 0 Å². The van der Waals surface area contributed by atoms with Crippen LogP contribution < -0.4 is 9.47 Å². The molecule has 0 aliphatic rings. The van der Waals surface area contributed by atoms with E-state index < -0.39 is 60.2 Å². The summed E-state index contributed by atoms with van der Waals surface area (Å²) in [4.78, 5) is 41.3. The Morgan fingerprint density at radius 1 is 0.576 bits per heavy atom. The second-order valence-electron chi connectivity index (χ2n) is 6.31. The number of hydrogen-bond donors (Lipinski definition) is 0. The van der Waals surface area contributed by atoms with Crippen LogP contribution in [-0.4, -0.2) is 19.7 Å².